The fourth-order valence-corrected chi connectivity index (χ4v) is 9.43. The van der Waals surface area contributed by atoms with Crippen LogP contribution in [-0.2, 0) is 0 Å². The van der Waals surface area contributed by atoms with Crippen molar-refractivity contribution in [3.8, 4) is 84.6 Å². The van der Waals surface area contributed by atoms with E-state index in [1.165, 1.54) is 0 Å². The topological polar surface area (TPSA) is 92.1 Å². The minimum absolute atomic E-state index is 0.718. The summed E-state index contributed by atoms with van der Waals surface area (Å²) in [6.45, 7) is 0. The summed E-state index contributed by atoms with van der Waals surface area (Å²) in [5, 5.41) is 0. The number of rotatable bonds is 9. The molecular weight excluding hydrogens is 847 g/mol. The van der Waals surface area contributed by atoms with Gasteiger partial charge in [-0.1, -0.05) is 127 Å². The van der Waals surface area contributed by atoms with Crippen LogP contribution in [0.1, 0.15) is 0 Å². The molecule has 13 aromatic rings. The highest BCUT2D eigenvalue weighted by molar-refractivity contribution is 5.89. The molecule has 0 fully saturated rings. The SMILES string of the molecule is c1ccc(-c2cccc(-n3c(-c4cc(-c5nc6cccnc6n5-c5cccc(-c6ccccc6)c5)cc(-c5nc6cccnc6n5-c5cccc(-c6ccccc6)c5)c4)nc4cccnc43)c2)cc1. The number of pyridine rings is 3. The van der Waals surface area contributed by atoms with Gasteiger partial charge in [0.1, 0.15) is 34.0 Å². The Balaban J connectivity index is 1.09. The van der Waals surface area contributed by atoms with Gasteiger partial charge in [-0.25, -0.2) is 29.9 Å². The smallest absolute Gasteiger partial charge is 0.164 e. The first kappa shape index (κ1) is 39.7. The van der Waals surface area contributed by atoms with Gasteiger partial charge in [-0.3, -0.25) is 13.7 Å². The maximum Gasteiger partial charge on any atom is 0.164 e. The van der Waals surface area contributed by atoms with E-state index >= 15 is 0 Å². The number of hydrogen-bond donors (Lipinski definition) is 0. The van der Waals surface area contributed by atoms with Crippen LogP contribution in [0, 0.1) is 0 Å². The molecule has 69 heavy (non-hydrogen) atoms. The third kappa shape index (κ3) is 7.13. The molecule has 9 heteroatoms. The van der Waals surface area contributed by atoms with Crippen molar-refractivity contribution in [3.63, 3.8) is 0 Å². The first-order valence-corrected chi connectivity index (χ1v) is 22.8. The van der Waals surface area contributed by atoms with Gasteiger partial charge >= 0.3 is 0 Å². The molecule has 0 spiro atoms. The van der Waals surface area contributed by atoms with E-state index in [4.69, 9.17) is 29.9 Å². The third-order valence-electron chi connectivity index (χ3n) is 12.6. The highest BCUT2D eigenvalue weighted by atomic mass is 15.2. The Kier molecular flexibility index (Phi) is 9.61. The summed E-state index contributed by atoms with van der Waals surface area (Å²) in [5.41, 5.74) is 16.5. The average molecular weight is 886 g/mol. The zero-order valence-corrected chi connectivity index (χ0v) is 37.0. The van der Waals surface area contributed by atoms with E-state index in [0.29, 0.717) is 0 Å². The normalized spacial score (nSPS) is 11.5. The molecular formula is C60H39N9. The number of benzene rings is 7. The van der Waals surface area contributed by atoms with Crippen LogP contribution < -0.4 is 0 Å². The second-order valence-corrected chi connectivity index (χ2v) is 16.9. The summed E-state index contributed by atoms with van der Waals surface area (Å²) < 4.78 is 6.48. The van der Waals surface area contributed by atoms with Crippen LogP contribution >= 0.6 is 0 Å². The third-order valence-corrected chi connectivity index (χ3v) is 12.6. The van der Waals surface area contributed by atoms with Gasteiger partial charge < -0.3 is 0 Å². The molecule has 9 nitrogen and oxygen atoms in total. The Hall–Kier alpha value is -9.60. The molecule has 13 rings (SSSR count). The molecule has 0 unspecified atom stereocenters. The van der Waals surface area contributed by atoms with Crippen LogP contribution in [0.25, 0.3) is 118 Å². The van der Waals surface area contributed by atoms with Gasteiger partial charge in [-0.05, 0) is 124 Å². The molecule has 6 heterocycles. The van der Waals surface area contributed by atoms with E-state index in [2.05, 4.69) is 177 Å². The highest BCUT2D eigenvalue weighted by Crippen LogP contribution is 2.39. The zero-order valence-electron chi connectivity index (χ0n) is 37.0. The Morgan fingerprint density at radius 1 is 0.232 bits per heavy atom. The van der Waals surface area contributed by atoms with Crippen LogP contribution in [0.4, 0.5) is 0 Å². The van der Waals surface area contributed by atoms with Crippen molar-refractivity contribution >= 4 is 33.5 Å². The van der Waals surface area contributed by atoms with Gasteiger partial charge in [0.2, 0.25) is 0 Å². The van der Waals surface area contributed by atoms with E-state index in [9.17, 15) is 0 Å². The molecule has 0 bridgehead atoms. The van der Waals surface area contributed by atoms with Gasteiger partial charge in [-0.2, -0.15) is 0 Å². The lowest BCUT2D eigenvalue weighted by molar-refractivity contribution is 1.06. The molecule has 0 amide bonds. The van der Waals surface area contributed by atoms with Crippen LogP contribution in [0.5, 0.6) is 0 Å². The van der Waals surface area contributed by atoms with E-state index in [0.717, 1.165) is 118 Å². The second-order valence-electron chi connectivity index (χ2n) is 16.9. The second kappa shape index (κ2) is 16.7. The van der Waals surface area contributed by atoms with Crippen molar-refractivity contribution in [1.29, 1.82) is 0 Å². The molecule has 0 saturated heterocycles. The number of imidazole rings is 3. The standard InChI is InChI=1S/C60H39N9/c1-4-16-40(17-5-1)43-22-10-25-49(37-43)67-55(64-52-28-13-31-61-58(52)67)46-34-47(56-65-53-29-14-32-62-59(53)68(56)50-26-11-23-44(38-50)41-18-6-2-7-19-41)36-48(35-46)57-66-54-30-15-33-63-60(54)69(57)51-27-12-24-45(39-51)42-20-8-3-9-21-42/h1-39H. The van der Waals surface area contributed by atoms with Crippen LogP contribution in [-0.4, -0.2) is 43.6 Å². The Morgan fingerprint density at radius 3 is 0.826 bits per heavy atom. The average Bonchev–Trinajstić information content (AvgIpc) is 4.14. The Bertz CT molecular complexity index is 3590. The molecule has 0 aliphatic heterocycles. The van der Waals surface area contributed by atoms with E-state index in [-0.39, 0.29) is 0 Å². The monoisotopic (exact) mass is 885 g/mol. The molecule has 6 aromatic heterocycles. The Labute approximate surface area is 397 Å². The number of aromatic nitrogens is 9. The number of fused-ring (bicyclic) bond motifs is 3. The largest absolute Gasteiger partial charge is 0.277 e. The predicted octanol–water partition coefficient (Wildman–Crippen LogP) is 13.9. The van der Waals surface area contributed by atoms with Crippen LogP contribution in [0.2, 0.25) is 0 Å². The van der Waals surface area contributed by atoms with E-state index in [1.54, 1.807) is 0 Å². The summed E-state index contributed by atoms with van der Waals surface area (Å²) >= 11 is 0. The molecule has 7 aromatic carbocycles. The fraction of sp³-hybridized carbons (Fsp3) is 0. The van der Waals surface area contributed by atoms with Gasteiger partial charge in [-0.15, -0.1) is 0 Å². The first-order valence-electron chi connectivity index (χ1n) is 22.8. The van der Waals surface area contributed by atoms with E-state index in [1.807, 2.05) is 73.2 Å². The fourth-order valence-electron chi connectivity index (χ4n) is 9.43. The lowest BCUT2D eigenvalue weighted by Gasteiger charge is -2.16. The van der Waals surface area contributed by atoms with Gasteiger partial charge in [0.15, 0.2) is 16.9 Å². The Morgan fingerprint density at radius 2 is 0.522 bits per heavy atom. The summed E-state index contributed by atoms with van der Waals surface area (Å²) in [6, 6.07) is 75.4. The lowest BCUT2D eigenvalue weighted by Crippen LogP contribution is -2.03. The van der Waals surface area contributed by atoms with Crippen LogP contribution in [0.3, 0.4) is 0 Å². The maximum absolute atomic E-state index is 5.39. The minimum atomic E-state index is 0.718. The molecule has 0 radical (unpaired) electrons. The van der Waals surface area contributed by atoms with Crippen molar-refractivity contribution in [2.45, 2.75) is 0 Å². The summed E-state index contributed by atoms with van der Waals surface area (Å²) in [4.78, 5) is 31.0. The molecule has 324 valence electrons. The predicted molar refractivity (Wildman–Crippen MR) is 276 cm³/mol. The number of nitrogens with zero attached hydrogens (tertiary/aromatic N) is 9. The molecule has 0 atom stereocenters. The maximum atomic E-state index is 5.39. The summed E-state index contributed by atoms with van der Waals surface area (Å²) in [7, 11) is 0. The molecule has 0 aliphatic carbocycles. The zero-order chi connectivity index (χ0) is 45.7. The van der Waals surface area contributed by atoms with Crippen molar-refractivity contribution < 1.29 is 0 Å². The summed E-state index contributed by atoms with van der Waals surface area (Å²) in [5.74, 6) is 2.15. The quantitative estimate of drug-likeness (QED) is 0.143. The van der Waals surface area contributed by atoms with Crippen LogP contribution in [0.15, 0.2) is 237 Å². The molecule has 0 aliphatic rings. The highest BCUT2D eigenvalue weighted by Gasteiger charge is 2.24. The van der Waals surface area contributed by atoms with Crippen molar-refractivity contribution in [2.75, 3.05) is 0 Å². The molecule has 0 saturated carbocycles. The van der Waals surface area contributed by atoms with Crippen molar-refractivity contribution in [1.82, 2.24) is 43.6 Å². The van der Waals surface area contributed by atoms with Crippen molar-refractivity contribution in [2.24, 2.45) is 0 Å². The molecule has 0 N–H and O–H groups in total. The first-order chi connectivity index (χ1) is 34.2. The summed E-state index contributed by atoms with van der Waals surface area (Å²) in [6.07, 6.45) is 5.47. The number of hydrogen-bond acceptors (Lipinski definition) is 6. The minimum Gasteiger partial charge on any atom is -0.277 e. The van der Waals surface area contributed by atoms with Crippen molar-refractivity contribution in [3.05, 3.63) is 237 Å². The van der Waals surface area contributed by atoms with Gasteiger partial charge in [0, 0.05) is 52.3 Å². The lowest BCUT2D eigenvalue weighted by atomic mass is 10.0. The van der Waals surface area contributed by atoms with Gasteiger partial charge in [0.05, 0.1) is 0 Å². The van der Waals surface area contributed by atoms with Gasteiger partial charge in [0.25, 0.3) is 0 Å². The van der Waals surface area contributed by atoms with E-state index < -0.39 is 0 Å².